The monoisotopic (exact) mass is 365 g/mol. The third-order valence-electron chi connectivity index (χ3n) is 3.68. The molecule has 27 heavy (non-hydrogen) atoms. The number of para-hydroxylation sites is 1. The number of aromatic amines is 1. The molecule has 0 unspecified atom stereocenters. The van der Waals surface area contributed by atoms with Crippen molar-refractivity contribution in [1.29, 1.82) is 0 Å². The minimum atomic E-state index is -0.369. The van der Waals surface area contributed by atoms with Crippen molar-refractivity contribution in [3.63, 3.8) is 0 Å². The molecule has 0 saturated carbocycles. The molecule has 0 bridgehead atoms. The van der Waals surface area contributed by atoms with Gasteiger partial charge in [-0.25, -0.2) is 5.43 Å². The zero-order valence-electron chi connectivity index (χ0n) is 15.0. The van der Waals surface area contributed by atoms with Gasteiger partial charge in [-0.15, -0.1) is 10.2 Å². The fourth-order valence-electron chi connectivity index (χ4n) is 2.32. The molecule has 2 N–H and O–H groups in total. The van der Waals surface area contributed by atoms with Crippen molar-refractivity contribution in [3.8, 4) is 11.5 Å². The molecule has 0 aliphatic heterocycles. The first-order valence-electron chi connectivity index (χ1n) is 8.22. The van der Waals surface area contributed by atoms with Gasteiger partial charge in [0, 0.05) is 5.56 Å². The number of ether oxygens (including phenoxy) is 2. The van der Waals surface area contributed by atoms with E-state index in [1.807, 2.05) is 49.4 Å². The molecule has 0 amide bonds. The highest BCUT2D eigenvalue weighted by Crippen LogP contribution is 2.30. The first-order valence-corrected chi connectivity index (χ1v) is 8.22. The predicted octanol–water partition coefficient (Wildman–Crippen LogP) is 2.51. The minimum Gasteiger partial charge on any atom is -0.493 e. The SMILES string of the molecule is COc1cccc(/C=N/Nc2nncc(=O)[nH]2)c1OCc1ccc(C)cc1. The zero-order valence-corrected chi connectivity index (χ0v) is 15.0. The lowest BCUT2D eigenvalue weighted by Gasteiger charge is -2.13. The van der Waals surface area contributed by atoms with Crippen LogP contribution < -0.4 is 20.5 Å². The minimum absolute atomic E-state index is 0.142. The molecule has 0 spiro atoms. The Labute approximate surface area is 155 Å². The number of nitrogens with zero attached hydrogens (tertiary/aromatic N) is 3. The molecule has 1 heterocycles. The number of hydrazone groups is 1. The molecule has 138 valence electrons. The first kappa shape index (κ1) is 18.1. The lowest BCUT2D eigenvalue weighted by molar-refractivity contribution is 0.284. The van der Waals surface area contributed by atoms with E-state index in [4.69, 9.17) is 9.47 Å². The maximum absolute atomic E-state index is 11.2. The van der Waals surface area contributed by atoms with Gasteiger partial charge in [0.1, 0.15) is 12.8 Å². The number of nitrogens with one attached hydrogen (secondary N) is 2. The van der Waals surface area contributed by atoms with Crippen LogP contribution in [-0.4, -0.2) is 28.5 Å². The van der Waals surface area contributed by atoms with E-state index in [0.717, 1.165) is 11.8 Å². The van der Waals surface area contributed by atoms with Gasteiger partial charge in [-0.2, -0.15) is 5.10 Å². The molecular formula is C19H19N5O3. The molecule has 0 atom stereocenters. The normalized spacial score (nSPS) is 10.7. The molecular weight excluding hydrogens is 346 g/mol. The van der Waals surface area contributed by atoms with Crippen molar-refractivity contribution < 1.29 is 9.47 Å². The van der Waals surface area contributed by atoms with E-state index >= 15 is 0 Å². The number of H-pyrrole nitrogens is 1. The van der Waals surface area contributed by atoms with Crippen molar-refractivity contribution in [2.45, 2.75) is 13.5 Å². The summed E-state index contributed by atoms with van der Waals surface area (Å²) in [5.41, 5.74) is 5.20. The third-order valence-corrected chi connectivity index (χ3v) is 3.68. The number of aromatic nitrogens is 3. The second kappa shape index (κ2) is 8.61. The summed E-state index contributed by atoms with van der Waals surface area (Å²) in [5.74, 6) is 1.31. The topological polar surface area (TPSA) is 101 Å². The Morgan fingerprint density at radius 3 is 2.78 bits per heavy atom. The number of methoxy groups -OCH3 is 1. The largest absolute Gasteiger partial charge is 0.493 e. The maximum atomic E-state index is 11.2. The van der Waals surface area contributed by atoms with E-state index < -0.39 is 0 Å². The molecule has 3 rings (SSSR count). The molecule has 2 aromatic carbocycles. The number of hydrogen-bond acceptors (Lipinski definition) is 7. The summed E-state index contributed by atoms with van der Waals surface area (Å²) < 4.78 is 11.4. The maximum Gasteiger partial charge on any atom is 0.271 e. The van der Waals surface area contributed by atoms with E-state index in [1.54, 1.807) is 13.3 Å². The zero-order chi connectivity index (χ0) is 19.1. The molecule has 0 saturated heterocycles. The third kappa shape index (κ3) is 4.91. The van der Waals surface area contributed by atoms with E-state index in [9.17, 15) is 4.79 Å². The van der Waals surface area contributed by atoms with Crippen molar-refractivity contribution in [1.82, 2.24) is 15.2 Å². The smallest absolute Gasteiger partial charge is 0.271 e. The molecule has 3 aromatic rings. The van der Waals surface area contributed by atoms with Crippen LogP contribution in [0.4, 0.5) is 5.95 Å². The summed E-state index contributed by atoms with van der Waals surface area (Å²) >= 11 is 0. The Morgan fingerprint density at radius 1 is 1.22 bits per heavy atom. The van der Waals surface area contributed by atoms with Crippen LogP contribution in [0.1, 0.15) is 16.7 Å². The number of anilines is 1. The summed E-state index contributed by atoms with van der Waals surface area (Å²) in [7, 11) is 1.58. The number of benzene rings is 2. The standard InChI is InChI=1S/C19H19N5O3/c1-13-6-8-14(9-7-13)12-27-18-15(4-3-5-16(18)26-2)10-20-23-19-22-17(25)11-21-24-19/h3-11H,12H2,1-2H3,(H2,22,23,24,25)/b20-10+. The Hall–Kier alpha value is -3.68. The van der Waals surface area contributed by atoms with Crippen LogP contribution in [0.25, 0.3) is 0 Å². The van der Waals surface area contributed by atoms with Crippen LogP contribution in [0, 0.1) is 6.92 Å². The van der Waals surface area contributed by atoms with Gasteiger partial charge < -0.3 is 9.47 Å². The van der Waals surface area contributed by atoms with E-state index in [1.165, 1.54) is 5.56 Å². The fraction of sp³-hybridized carbons (Fsp3) is 0.158. The molecule has 0 radical (unpaired) electrons. The summed E-state index contributed by atoms with van der Waals surface area (Å²) in [4.78, 5) is 13.7. The molecule has 8 heteroatoms. The van der Waals surface area contributed by atoms with Crippen LogP contribution >= 0.6 is 0 Å². The summed E-state index contributed by atoms with van der Waals surface area (Å²) in [6, 6.07) is 13.6. The van der Waals surface area contributed by atoms with E-state index in [0.29, 0.717) is 23.7 Å². The van der Waals surface area contributed by atoms with Crippen molar-refractivity contribution in [2.75, 3.05) is 12.5 Å². The highest BCUT2D eigenvalue weighted by Gasteiger charge is 2.09. The Kier molecular flexibility index (Phi) is 5.78. The lowest BCUT2D eigenvalue weighted by atomic mass is 10.1. The van der Waals surface area contributed by atoms with Gasteiger partial charge in [-0.05, 0) is 24.6 Å². The summed E-state index contributed by atoms with van der Waals surface area (Å²) in [6.07, 6.45) is 2.63. The van der Waals surface area contributed by atoms with Gasteiger partial charge in [0.05, 0.1) is 13.3 Å². The average molecular weight is 365 g/mol. The quantitative estimate of drug-likeness (QED) is 0.493. The second-order valence-corrected chi connectivity index (χ2v) is 5.71. The number of rotatable bonds is 7. The van der Waals surface area contributed by atoms with Crippen LogP contribution in [0.15, 0.2) is 58.6 Å². The van der Waals surface area contributed by atoms with Crippen LogP contribution in [0.2, 0.25) is 0 Å². The van der Waals surface area contributed by atoms with E-state index in [2.05, 4.69) is 25.7 Å². The number of aryl methyl sites for hydroxylation is 1. The van der Waals surface area contributed by atoms with Gasteiger partial charge in [-0.1, -0.05) is 35.9 Å². The predicted molar refractivity (Wildman–Crippen MR) is 102 cm³/mol. The van der Waals surface area contributed by atoms with Gasteiger partial charge >= 0.3 is 0 Å². The fourth-order valence-corrected chi connectivity index (χ4v) is 2.32. The summed E-state index contributed by atoms with van der Waals surface area (Å²) in [5, 5.41) is 11.3. The molecule has 8 nitrogen and oxygen atoms in total. The number of hydrogen-bond donors (Lipinski definition) is 2. The first-order chi connectivity index (χ1) is 13.2. The Balaban J connectivity index is 1.77. The van der Waals surface area contributed by atoms with Crippen LogP contribution in [0.3, 0.4) is 0 Å². The highest BCUT2D eigenvalue weighted by atomic mass is 16.5. The van der Waals surface area contributed by atoms with Gasteiger partial charge in [-0.3, -0.25) is 9.78 Å². The van der Waals surface area contributed by atoms with Crippen LogP contribution in [-0.2, 0) is 6.61 Å². The van der Waals surface area contributed by atoms with Crippen LogP contribution in [0.5, 0.6) is 11.5 Å². The van der Waals surface area contributed by atoms with Gasteiger partial charge in [0.15, 0.2) is 11.5 Å². The Bertz CT molecular complexity index is 983. The summed E-state index contributed by atoms with van der Waals surface area (Å²) in [6.45, 7) is 2.43. The van der Waals surface area contributed by atoms with E-state index in [-0.39, 0.29) is 11.5 Å². The molecule has 0 aliphatic carbocycles. The van der Waals surface area contributed by atoms with Crippen molar-refractivity contribution in [3.05, 3.63) is 75.7 Å². The Morgan fingerprint density at radius 2 is 2.04 bits per heavy atom. The molecule has 0 aliphatic rings. The van der Waals surface area contributed by atoms with Gasteiger partial charge in [0.2, 0.25) is 5.95 Å². The van der Waals surface area contributed by atoms with Crippen molar-refractivity contribution in [2.24, 2.45) is 5.10 Å². The van der Waals surface area contributed by atoms with Gasteiger partial charge in [0.25, 0.3) is 5.56 Å². The second-order valence-electron chi connectivity index (χ2n) is 5.71. The molecule has 1 aromatic heterocycles. The highest BCUT2D eigenvalue weighted by molar-refractivity contribution is 5.85. The molecule has 0 fully saturated rings. The lowest BCUT2D eigenvalue weighted by Crippen LogP contribution is -2.10. The average Bonchev–Trinajstić information content (AvgIpc) is 2.68. The van der Waals surface area contributed by atoms with Crippen molar-refractivity contribution >= 4 is 12.2 Å².